The fourth-order valence-electron chi connectivity index (χ4n) is 2.39. The van der Waals surface area contributed by atoms with E-state index in [1.54, 1.807) is 18.2 Å². The number of hydrogen-bond acceptors (Lipinski definition) is 3. The van der Waals surface area contributed by atoms with Crippen LogP contribution in [0.3, 0.4) is 0 Å². The Morgan fingerprint density at radius 2 is 2.15 bits per heavy atom. The van der Waals surface area contributed by atoms with E-state index in [9.17, 15) is 8.42 Å². The zero-order valence-electron chi connectivity index (χ0n) is 11.9. The summed E-state index contributed by atoms with van der Waals surface area (Å²) in [5.74, 6) is 0.317. The summed E-state index contributed by atoms with van der Waals surface area (Å²) in [5.41, 5.74) is 1.04. The molecule has 1 saturated heterocycles. The first-order valence-corrected chi connectivity index (χ1v) is 8.33. The smallest absolute Gasteiger partial charge is 0.240 e. The second kappa shape index (κ2) is 7.41. The van der Waals surface area contributed by atoms with Crippen molar-refractivity contribution in [3.05, 3.63) is 29.8 Å². The summed E-state index contributed by atoms with van der Waals surface area (Å²) in [5, 5.41) is 3.27. The van der Waals surface area contributed by atoms with E-state index in [0.717, 1.165) is 31.5 Å². The molecule has 114 valence electrons. The molecule has 2 unspecified atom stereocenters. The lowest BCUT2D eigenvalue weighted by Crippen LogP contribution is -2.48. The second-order valence-corrected chi connectivity index (χ2v) is 6.91. The van der Waals surface area contributed by atoms with Gasteiger partial charge in [0.05, 0.1) is 4.90 Å². The number of benzene rings is 1. The average Bonchev–Trinajstić information content (AvgIpc) is 2.41. The molecule has 0 spiro atoms. The molecule has 1 aliphatic rings. The number of hydrogen-bond donors (Lipinski definition) is 2. The Hall–Kier alpha value is -0.620. The van der Waals surface area contributed by atoms with Crippen LogP contribution in [0.1, 0.15) is 25.8 Å². The van der Waals surface area contributed by atoms with Crippen LogP contribution in [-0.4, -0.2) is 27.5 Å². The van der Waals surface area contributed by atoms with Gasteiger partial charge < -0.3 is 5.32 Å². The Balaban J connectivity index is 0.00000200. The third kappa shape index (κ3) is 4.19. The Morgan fingerprint density at radius 1 is 1.40 bits per heavy atom. The molecule has 1 heterocycles. The van der Waals surface area contributed by atoms with Gasteiger partial charge in [0.15, 0.2) is 0 Å². The molecular weight excluding hydrogens is 296 g/mol. The van der Waals surface area contributed by atoms with Gasteiger partial charge >= 0.3 is 0 Å². The Bertz CT molecular complexity index is 534. The maximum Gasteiger partial charge on any atom is 0.240 e. The highest BCUT2D eigenvalue weighted by molar-refractivity contribution is 7.89. The number of nitrogens with one attached hydrogen (secondary N) is 2. The van der Waals surface area contributed by atoms with Gasteiger partial charge in [0.1, 0.15) is 0 Å². The minimum absolute atomic E-state index is 0. The molecule has 0 radical (unpaired) electrons. The van der Waals surface area contributed by atoms with E-state index in [-0.39, 0.29) is 18.4 Å². The third-order valence-electron chi connectivity index (χ3n) is 3.71. The van der Waals surface area contributed by atoms with E-state index in [4.69, 9.17) is 0 Å². The molecule has 4 nitrogen and oxygen atoms in total. The lowest BCUT2D eigenvalue weighted by Gasteiger charge is -2.30. The van der Waals surface area contributed by atoms with Crippen molar-refractivity contribution in [3.63, 3.8) is 0 Å². The molecule has 0 aliphatic carbocycles. The highest BCUT2D eigenvalue weighted by atomic mass is 35.5. The van der Waals surface area contributed by atoms with Crippen LogP contribution in [0.15, 0.2) is 29.2 Å². The van der Waals surface area contributed by atoms with Crippen molar-refractivity contribution in [1.82, 2.24) is 10.0 Å². The number of aryl methyl sites for hydroxylation is 1. The van der Waals surface area contributed by atoms with E-state index in [0.29, 0.717) is 10.8 Å². The molecule has 0 saturated carbocycles. The Morgan fingerprint density at radius 3 is 2.80 bits per heavy atom. The largest absolute Gasteiger partial charge is 0.316 e. The minimum Gasteiger partial charge on any atom is -0.316 e. The summed E-state index contributed by atoms with van der Waals surface area (Å²) < 4.78 is 27.6. The lowest BCUT2D eigenvalue weighted by molar-refractivity contribution is 0.328. The van der Waals surface area contributed by atoms with Gasteiger partial charge in [-0.1, -0.05) is 26.0 Å². The highest BCUT2D eigenvalue weighted by Gasteiger charge is 2.26. The maximum atomic E-state index is 12.4. The van der Waals surface area contributed by atoms with Crippen molar-refractivity contribution in [3.8, 4) is 0 Å². The van der Waals surface area contributed by atoms with Crippen LogP contribution in [0.2, 0.25) is 0 Å². The molecule has 2 rings (SSSR count). The van der Waals surface area contributed by atoms with Crippen molar-refractivity contribution in [1.29, 1.82) is 0 Å². The predicted octanol–water partition coefficient (Wildman–Crippen LogP) is 1.95. The van der Waals surface area contributed by atoms with Crippen LogP contribution in [0.4, 0.5) is 0 Å². The van der Waals surface area contributed by atoms with Gasteiger partial charge in [-0.15, -0.1) is 12.4 Å². The molecular formula is C14H23ClN2O2S. The van der Waals surface area contributed by atoms with Gasteiger partial charge in [-0.2, -0.15) is 0 Å². The quantitative estimate of drug-likeness (QED) is 0.892. The third-order valence-corrected chi connectivity index (χ3v) is 5.20. The normalized spacial score (nSPS) is 23.1. The number of rotatable bonds is 4. The maximum absolute atomic E-state index is 12.4. The standard InChI is InChI=1S/C14H22N2O2S.ClH/c1-3-12-5-4-6-13(9-12)19(17,18)16-14-7-8-15-10-11(14)2;/h4-6,9,11,14-16H,3,7-8,10H2,1-2H3;1H. The summed E-state index contributed by atoms with van der Waals surface area (Å²) in [4.78, 5) is 0.373. The van der Waals surface area contributed by atoms with Crippen LogP contribution >= 0.6 is 12.4 Å². The van der Waals surface area contributed by atoms with Crippen LogP contribution < -0.4 is 10.0 Å². The van der Waals surface area contributed by atoms with E-state index in [1.807, 2.05) is 13.0 Å². The zero-order valence-corrected chi connectivity index (χ0v) is 13.6. The van der Waals surface area contributed by atoms with Gasteiger partial charge in [-0.25, -0.2) is 13.1 Å². The van der Waals surface area contributed by atoms with Gasteiger partial charge in [0.25, 0.3) is 0 Å². The molecule has 1 aliphatic heterocycles. The van der Waals surface area contributed by atoms with E-state index in [1.165, 1.54) is 0 Å². The first kappa shape index (κ1) is 17.4. The van der Waals surface area contributed by atoms with Crippen LogP contribution in [0.5, 0.6) is 0 Å². The van der Waals surface area contributed by atoms with E-state index >= 15 is 0 Å². The highest BCUT2D eigenvalue weighted by Crippen LogP contribution is 2.16. The lowest BCUT2D eigenvalue weighted by atomic mass is 9.97. The topological polar surface area (TPSA) is 58.2 Å². The van der Waals surface area contributed by atoms with Gasteiger partial charge in [0.2, 0.25) is 10.0 Å². The summed E-state index contributed by atoms with van der Waals surface area (Å²) in [7, 11) is -3.40. The molecule has 1 fully saturated rings. The minimum atomic E-state index is -3.40. The molecule has 0 amide bonds. The molecule has 0 aromatic heterocycles. The Labute approximate surface area is 127 Å². The monoisotopic (exact) mass is 318 g/mol. The van der Waals surface area contributed by atoms with E-state index in [2.05, 4.69) is 17.0 Å². The van der Waals surface area contributed by atoms with Gasteiger partial charge in [-0.3, -0.25) is 0 Å². The first-order chi connectivity index (χ1) is 9.03. The number of halogens is 1. The molecule has 0 bridgehead atoms. The number of sulfonamides is 1. The van der Waals surface area contributed by atoms with Crippen molar-refractivity contribution in [2.24, 2.45) is 5.92 Å². The van der Waals surface area contributed by atoms with Crippen LogP contribution in [0, 0.1) is 5.92 Å². The van der Waals surface area contributed by atoms with E-state index < -0.39 is 10.0 Å². The van der Waals surface area contributed by atoms with Gasteiger partial charge in [0, 0.05) is 6.04 Å². The summed E-state index contributed by atoms with van der Waals surface area (Å²) >= 11 is 0. The molecule has 20 heavy (non-hydrogen) atoms. The molecule has 2 atom stereocenters. The SMILES string of the molecule is CCc1cccc(S(=O)(=O)NC2CCNCC2C)c1.Cl. The number of piperidine rings is 1. The molecule has 2 N–H and O–H groups in total. The molecule has 6 heteroatoms. The first-order valence-electron chi connectivity index (χ1n) is 6.85. The van der Waals surface area contributed by atoms with Crippen molar-refractivity contribution in [2.45, 2.75) is 37.6 Å². The zero-order chi connectivity index (χ0) is 13.9. The Kier molecular flexibility index (Phi) is 6.45. The van der Waals surface area contributed by atoms with Crippen molar-refractivity contribution in [2.75, 3.05) is 13.1 Å². The van der Waals surface area contributed by atoms with Crippen LogP contribution in [0.25, 0.3) is 0 Å². The second-order valence-electron chi connectivity index (χ2n) is 5.20. The summed E-state index contributed by atoms with van der Waals surface area (Å²) in [6.07, 6.45) is 1.68. The summed E-state index contributed by atoms with van der Waals surface area (Å²) in [6, 6.07) is 7.20. The average molecular weight is 319 g/mol. The fourth-order valence-corrected chi connectivity index (χ4v) is 3.84. The van der Waals surface area contributed by atoms with Crippen molar-refractivity contribution >= 4 is 22.4 Å². The van der Waals surface area contributed by atoms with Crippen molar-refractivity contribution < 1.29 is 8.42 Å². The summed E-state index contributed by atoms with van der Waals surface area (Å²) in [6.45, 7) is 5.82. The molecule has 1 aromatic rings. The van der Waals surface area contributed by atoms with Gasteiger partial charge in [-0.05, 0) is 49.5 Å². The fraction of sp³-hybridized carbons (Fsp3) is 0.571. The van der Waals surface area contributed by atoms with Crippen LogP contribution in [-0.2, 0) is 16.4 Å². The molecule has 1 aromatic carbocycles. The predicted molar refractivity (Wildman–Crippen MR) is 83.8 cm³/mol.